The number of pyridine rings is 1. The fourth-order valence-electron chi connectivity index (χ4n) is 3.67. The van der Waals surface area contributed by atoms with Gasteiger partial charge in [-0.1, -0.05) is 6.07 Å². The molecule has 3 aromatic rings. The first-order valence-corrected chi connectivity index (χ1v) is 10.3. The number of fused-ring (bicyclic) bond motifs is 1. The number of aliphatic hydroxyl groups is 1. The molecule has 4 rings (SSSR count). The molecule has 0 bridgehead atoms. The lowest BCUT2D eigenvalue weighted by Crippen LogP contribution is -2.26. The molecule has 9 nitrogen and oxygen atoms in total. The number of rotatable bonds is 5. The summed E-state index contributed by atoms with van der Waals surface area (Å²) in [6.45, 7) is 1.71. The molecule has 1 aromatic carbocycles. The summed E-state index contributed by atoms with van der Waals surface area (Å²) in [5.74, 6) is -0.768. The van der Waals surface area contributed by atoms with E-state index in [1.165, 1.54) is 23.4 Å². The molecule has 1 aliphatic rings. The Labute approximate surface area is 183 Å². The number of carbonyl (C=O) groups is 2. The Balaban J connectivity index is 1.62. The van der Waals surface area contributed by atoms with Gasteiger partial charge in [0.25, 0.3) is 5.91 Å². The third-order valence-corrected chi connectivity index (χ3v) is 5.52. The smallest absolute Gasteiger partial charge is 0.259 e. The second-order valence-corrected chi connectivity index (χ2v) is 7.72. The first-order chi connectivity index (χ1) is 15.4. The maximum Gasteiger partial charge on any atom is 0.259 e. The van der Waals surface area contributed by atoms with E-state index >= 15 is 0 Å². The third-order valence-electron chi connectivity index (χ3n) is 5.52. The SMILES string of the molecule is CC(CO)n1cnnc1-c1cccc(NC(=O)c2cc3c(cc2F)CCCC(=O)N3C)n1. The van der Waals surface area contributed by atoms with Gasteiger partial charge < -0.3 is 19.9 Å². The average molecular weight is 438 g/mol. The number of anilines is 2. The van der Waals surface area contributed by atoms with Crippen LogP contribution in [-0.4, -0.2) is 50.3 Å². The molecule has 1 unspecified atom stereocenters. The molecule has 0 aliphatic carbocycles. The van der Waals surface area contributed by atoms with E-state index in [4.69, 9.17) is 0 Å². The first-order valence-electron chi connectivity index (χ1n) is 10.3. The van der Waals surface area contributed by atoms with Gasteiger partial charge in [-0.2, -0.15) is 0 Å². The summed E-state index contributed by atoms with van der Waals surface area (Å²) >= 11 is 0. The van der Waals surface area contributed by atoms with Crippen molar-refractivity contribution >= 4 is 23.3 Å². The van der Waals surface area contributed by atoms with Crippen LogP contribution >= 0.6 is 0 Å². The molecule has 166 valence electrons. The van der Waals surface area contributed by atoms with E-state index in [-0.39, 0.29) is 29.9 Å². The molecule has 32 heavy (non-hydrogen) atoms. The molecular weight excluding hydrogens is 415 g/mol. The molecule has 0 saturated carbocycles. The van der Waals surface area contributed by atoms with E-state index in [0.717, 1.165) is 0 Å². The number of hydrogen-bond donors (Lipinski definition) is 2. The number of benzene rings is 1. The van der Waals surface area contributed by atoms with Gasteiger partial charge in [0.15, 0.2) is 5.82 Å². The number of amides is 2. The lowest BCUT2D eigenvalue weighted by Gasteiger charge is -2.19. The molecule has 0 spiro atoms. The molecule has 1 atom stereocenters. The molecule has 0 radical (unpaired) electrons. The van der Waals surface area contributed by atoms with Gasteiger partial charge in [0.1, 0.15) is 23.7 Å². The van der Waals surface area contributed by atoms with Crippen molar-refractivity contribution in [3.63, 3.8) is 0 Å². The van der Waals surface area contributed by atoms with Gasteiger partial charge in [-0.05, 0) is 49.6 Å². The summed E-state index contributed by atoms with van der Waals surface area (Å²) < 4.78 is 16.4. The van der Waals surface area contributed by atoms with Crippen LogP contribution in [0.4, 0.5) is 15.9 Å². The Morgan fingerprint density at radius 2 is 2.12 bits per heavy atom. The van der Waals surface area contributed by atoms with Gasteiger partial charge in [0.2, 0.25) is 5.91 Å². The number of aryl methyl sites for hydroxylation is 1. The van der Waals surface area contributed by atoms with Gasteiger partial charge in [-0.3, -0.25) is 9.59 Å². The highest BCUT2D eigenvalue weighted by molar-refractivity contribution is 6.05. The topological polar surface area (TPSA) is 113 Å². The molecule has 3 heterocycles. The van der Waals surface area contributed by atoms with Gasteiger partial charge in [-0.15, -0.1) is 10.2 Å². The number of carbonyl (C=O) groups excluding carboxylic acids is 2. The highest BCUT2D eigenvalue weighted by Gasteiger charge is 2.23. The van der Waals surface area contributed by atoms with Gasteiger partial charge >= 0.3 is 0 Å². The van der Waals surface area contributed by atoms with Crippen LogP contribution in [0, 0.1) is 5.82 Å². The van der Waals surface area contributed by atoms with Crippen LogP contribution < -0.4 is 10.2 Å². The van der Waals surface area contributed by atoms with E-state index in [9.17, 15) is 19.1 Å². The highest BCUT2D eigenvalue weighted by Crippen LogP contribution is 2.29. The van der Waals surface area contributed by atoms with Crippen molar-refractivity contribution in [3.05, 3.63) is 53.6 Å². The zero-order valence-electron chi connectivity index (χ0n) is 17.7. The minimum Gasteiger partial charge on any atom is -0.394 e. The molecule has 1 aliphatic heterocycles. The summed E-state index contributed by atoms with van der Waals surface area (Å²) in [7, 11) is 1.63. The Hall–Kier alpha value is -3.66. The minimum atomic E-state index is -0.676. The zero-order chi connectivity index (χ0) is 22.8. The average Bonchev–Trinajstić information content (AvgIpc) is 3.23. The number of aliphatic hydroxyl groups excluding tert-OH is 1. The fourth-order valence-corrected chi connectivity index (χ4v) is 3.67. The normalized spacial score (nSPS) is 14.6. The van der Waals surface area contributed by atoms with E-state index in [2.05, 4.69) is 20.5 Å². The molecule has 0 fully saturated rings. The number of hydrogen-bond acceptors (Lipinski definition) is 6. The molecule has 0 saturated heterocycles. The van der Waals surface area contributed by atoms with Crippen molar-refractivity contribution in [1.82, 2.24) is 19.7 Å². The Kier molecular flexibility index (Phi) is 5.95. The monoisotopic (exact) mass is 438 g/mol. The number of halogens is 1. The largest absolute Gasteiger partial charge is 0.394 e. The maximum absolute atomic E-state index is 14.7. The lowest BCUT2D eigenvalue weighted by atomic mass is 10.0. The van der Waals surface area contributed by atoms with E-state index in [0.29, 0.717) is 42.0 Å². The molecule has 2 N–H and O–H groups in total. The van der Waals surface area contributed by atoms with E-state index in [1.54, 1.807) is 36.7 Å². The summed E-state index contributed by atoms with van der Waals surface area (Å²) in [5.41, 5.74) is 1.50. The molecule has 10 heteroatoms. The van der Waals surface area contributed by atoms with Crippen LogP contribution in [0.3, 0.4) is 0 Å². The van der Waals surface area contributed by atoms with Gasteiger partial charge in [-0.25, -0.2) is 9.37 Å². The van der Waals surface area contributed by atoms with Crippen LogP contribution in [0.2, 0.25) is 0 Å². The number of nitrogens with zero attached hydrogens (tertiary/aromatic N) is 5. The predicted molar refractivity (Wildman–Crippen MR) is 116 cm³/mol. The van der Waals surface area contributed by atoms with E-state index in [1.807, 2.05) is 0 Å². The summed E-state index contributed by atoms with van der Waals surface area (Å²) in [6, 6.07) is 7.43. The number of nitrogens with one attached hydrogen (secondary N) is 1. The zero-order valence-corrected chi connectivity index (χ0v) is 17.7. The molecule has 2 aromatic heterocycles. The van der Waals surface area contributed by atoms with Crippen molar-refractivity contribution in [2.45, 2.75) is 32.2 Å². The van der Waals surface area contributed by atoms with Gasteiger partial charge in [0.05, 0.1) is 18.2 Å². The minimum absolute atomic E-state index is 0.0719. The van der Waals surface area contributed by atoms with Crippen molar-refractivity contribution < 1.29 is 19.1 Å². The quantitative estimate of drug-likeness (QED) is 0.633. The Bertz CT molecular complexity index is 1180. The number of aromatic nitrogens is 4. The van der Waals surface area contributed by atoms with Crippen LogP contribution in [0.5, 0.6) is 0 Å². The van der Waals surface area contributed by atoms with Crippen LogP contribution in [0.25, 0.3) is 11.5 Å². The second-order valence-electron chi connectivity index (χ2n) is 7.72. The van der Waals surface area contributed by atoms with Crippen LogP contribution in [0.15, 0.2) is 36.7 Å². The summed E-state index contributed by atoms with van der Waals surface area (Å²) in [4.78, 5) is 30.9. The van der Waals surface area contributed by atoms with Crippen molar-refractivity contribution in [3.8, 4) is 11.5 Å². The standard InChI is InChI=1S/C22H23FN6O3/c1-13(11-30)29-12-24-27-21(29)17-6-4-7-19(25-17)26-22(32)15-10-18-14(9-16(15)23)5-3-8-20(31)28(18)2/h4,6-7,9-10,12-13,30H,3,5,8,11H2,1-2H3,(H,25,26,32). The Morgan fingerprint density at radius 3 is 2.91 bits per heavy atom. The molecular formula is C22H23FN6O3. The van der Waals surface area contributed by atoms with E-state index < -0.39 is 11.7 Å². The van der Waals surface area contributed by atoms with Gasteiger partial charge in [0, 0.05) is 19.2 Å². The fraction of sp³-hybridized carbons (Fsp3) is 0.318. The summed E-state index contributed by atoms with van der Waals surface area (Å²) in [6.07, 6.45) is 3.08. The lowest BCUT2D eigenvalue weighted by molar-refractivity contribution is -0.118. The molecule has 2 amide bonds. The predicted octanol–water partition coefficient (Wildman–Crippen LogP) is 2.58. The van der Waals surface area contributed by atoms with Crippen molar-refractivity contribution in [1.29, 1.82) is 0 Å². The maximum atomic E-state index is 14.7. The first kappa shape index (κ1) is 21.6. The highest BCUT2D eigenvalue weighted by atomic mass is 19.1. The van der Waals surface area contributed by atoms with Crippen molar-refractivity contribution in [2.75, 3.05) is 23.9 Å². The Morgan fingerprint density at radius 1 is 1.31 bits per heavy atom. The summed E-state index contributed by atoms with van der Waals surface area (Å²) in [5, 5.41) is 20.0. The van der Waals surface area contributed by atoms with Crippen LogP contribution in [-0.2, 0) is 11.2 Å². The van der Waals surface area contributed by atoms with Crippen molar-refractivity contribution in [2.24, 2.45) is 0 Å². The third kappa shape index (κ3) is 4.09. The second kappa shape index (κ2) is 8.83. The van der Waals surface area contributed by atoms with Crippen LogP contribution in [0.1, 0.15) is 41.7 Å².